The Morgan fingerprint density at radius 1 is 0.761 bits per heavy atom. The van der Waals surface area contributed by atoms with E-state index >= 15 is 0 Å². The van der Waals surface area contributed by atoms with Gasteiger partial charge in [0.1, 0.15) is 0 Å². The fraction of sp³-hybridized carbons (Fsp3) is 0.667. The highest BCUT2D eigenvalue weighted by atomic mass is 31.2. The van der Waals surface area contributed by atoms with E-state index in [1.54, 1.807) is 0 Å². The van der Waals surface area contributed by atoms with Crippen LogP contribution < -0.4 is 45.0 Å². The summed E-state index contributed by atoms with van der Waals surface area (Å²) in [6.45, 7) is 16.2. The average molecular weight is 1010 g/mol. The van der Waals surface area contributed by atoms with Crippen molar-refractivity contribution in [2.45, 2.75) is 151 Å². The minimum absolute atomic E-state index is 0.0127. The Kier molecular flexibility index (Phi) is 16.3. The highest BCUT2D eigenvalue weighted by Gasteiger charge is 2.66. The molecule has 0 aromatic carbocycles. The normalized spacial score (nSPS) is 32.4. The van der Waals surface area contributed by atoms with Gasteiger partial charge in [0.15, 0.2) is 0 Å². The molecule has 0 spiro atoms. The number of hydrogen-bond acceptors (Lipinski definition) is 13. The molecule has 5 rings (SSSR count). The summed E-state index contributed by atoms with van der Waals surface area (Å²) in [6, 6.07) is -0.987. The number of nitrogens with two attached hydrogens (primary N) is 6. The zero-order chi connectivity index (χ0) is 53.6. The lowest BCUT2D eigenvalue weighted by atomic mass is 9.55. The van der Waals surface area contributed by atoms with Gasteiger partial charge in [-0.3, -0.25) is 53.1 Å². The van der Waals surface area contributed by atoms with E-state index in [9.17, 15) is 47.9 Å². The lowest BCUT2D eigenvalue weighted by molar-refractivity contribution is -0.124. The van der Waals surface area contributed by atoms with Crippen LogP contribution in [0.2, 0.25) is 0 Å². The molecule has 16 N–H and O–H groups in total. The highest BCUT2D eigenvalue weighted by molar-refractivity contribution is 7.46. The molecule has 23 heteroatoms. The second-order valence-corrected chi connectivity index (χ2v) is 22.9. The van der Waals surface area contributed by atoms with E-state index in [4.69, 9.17) is 53.9 Å². The van der Waals surface area contributed by atoms with Crippen LogP contribution in [0.25, 0.3) is 0 Å². The van der Waals surface area contributed by atoms with Gasteiger partial charge < -0.3 is 54.8 Å². The van der Waals surface area contributed by atoms with E-state index in [0.717, 1.165) is 0 Å². The second-order valence-electron chi connectivity index (χ2n) is 21.7. The van der Waals surface area contributed by atoms with Crippen molar-refractivity contribution in [1.29, 1.82) is 0 Å². The summed E-state index contributed by atoms with van der Waals surface area (Å²) in [5, 5.41) is 6.31. The Bertz CT molecular complexity index is 2510. The molecular formula is C48H74N11O11P. The number of carbonyl (C=O) groups excluding carboxylic acids is 7. The first-order chi connectivity index (χ1) is 32.6. The average Bonchev–Trinajstić information content (AvgIpc) is 3.83. The Morgan fingerprint density at radius 2 is 1.31 bits per heavy atom. The lowest BCUT2D eigenvalue weighted by Crippen LogP contribution is -2.56. The summed E-state index contributed by atoms with van der Waals surface area (Å²) >= 11 is 0. The Balaban J connectivity index is 1.94. The smallest absolute Gasteiger partial charge is 0.370 e. The molecule has 10 atom stereocenters. The number of amides is 7. The monoisotopic (exact) mass is 1010 g/mol. The molecule has 5 heterocycles. The predicted octanol–water partition coefficient (Wildman–Crippen LogP) is 1.85. The van der Waals surface area contributed by atoms with Gasteiger partial charge in [-0.05, 0) is 70.6 Å². The molecule has 5 aliphatic rings. The molecule has 5 aliphatic heterocycles. The molecule has 0 radical (unpaired) electrons. The summed E-state index contributed by atoms with van der Waals surface area (Å²) < 4.78 is 16.2. The minimum atomic E-state index is -4.86. The van der Waals surface area contributed by atoms with Gasteiger partial charge in [0.2, 0.25) is 41.4 Å². The number of carbonyl (C=O) groups is 7. The maximum Gasteiger partial charge on any atom is 0.469 e. The van der Waals surface area contributed by atoms with E-state index in [1.807, 2.05) is 61.5 Å². The van der Waals surface area contributed by atoms with E-state index < -0.39 is 112 Å². The van der Waals surface area contributed by atoms with Crippen LogP contribution in [0.1, 0.15) is 133 Å². The van der Waals surface area contributed by atoms with Crippen LogP contribution in [0.3, 0.4) is 0 Å². The van der Waals surface area contributed by atoms with Gasteiger partial charge >= 0.3 is 7.82 Å². The molecule has 0 aromatic rings. The molecule has 22 nitrogen and oxygen atoms in total. The predicted molar refractivity (Wildman–Crippen MR) is 265 cm³/mol. The summed E-state index contributed by atoms with van der Waals surface area (Å²) in [5.74, 6) is -6.85. The van der Waals surface area contributed by atoms with Crippen LogP contribution in [0, 0.1) is 45.3 Å². The van der Waals surface area contributed by atoms with Crippen molar-refractivity contribution in [3.05, 3.63) is 34.3 Å². The topological polar surface area (TPSA) is 404 Å². The van der Waals surface area contributed by atoms with Crippen molar-refractivity contribution < 1.29 is 52.4 Å². The van der Waals surface area contributed by atoms with Crippen molar-refractivity contribution in [2.24, 2.45) is 94.7 Å². The number of hydrogen-bond donors (Lipinski definition) is 10. The number of nitrogens with one attached hydrogen (secondary N) is 2. The molecule has 71 heavy (non-hydrogen) atoms. The molecule has 392 valence electrons. The van der Waals surface area contributed by atoms with E-state index in [2.05, 4.69) is 10.6 Å². The van der Waals surface area contributed by atoms with E-state index in [0.29, 0.717) is 45.4 Å². The maximum atomic E-state index is 13.7. The molecule has 0 aromatic heterocycles. The standard InChI is InChI=1S/C48H74N11O11P/c1-23(70-71(67,68)69)22-55-38(66)16-17-45(6)29(18-35(52)63)43-48(9)47(8,21-37(54)65)28(12-15-34(51)62)40(59-48)25(3)42-46(7,20-36(53)64)26(10-13-32(49)60)30(56-42)19-31-44(4,5)27(11-14-33(50)61)39(57-31)24(2)41(45)58-43/h19,23,26-29,43,56H,10-18,20-22H2,1-9H3,(H2,49,60)(H2,50,61)(H2,51,62)(H2,52,63)(H2,53,64)(H2,54,65)(H,55,66)(H2,67,68,69)/b30-19?,39-24?,42-25-/t23?,26-,27-,28-,29+,43?,45-,46+,47+,48+/m1/s1. The van der Waals surface area contributed by atoms with Crippen molar-refractivity contribution in [3.8, 4) is 0 Å². The molecular weight excluding hydrogens is 938 g/mol. The molecule has 7 amide bonds. The number of fused-ring (bicyclic) bond motifs is 6. The van der Waals surface area contributed by atoms with Crippen molar-refractivity contribution in [1.82, 2.24) is 10.6 Å². The Morgan fingerprint density at radius 3 is 1.83 bits per heavy atom. The van der Waals surface area contributed by atoms with Gasteiger partial charge in [0, 0.05) is 131 Å². The van der Waals surface area contributed by atoms with Crippen LogP contribution in [-0.2, 0) is 42.7 Å². The molecule has 0 saturated carbocycles. The third-order valence-electron chi connectivity index (χ3n) is 16.4. The van der Waals surface area contributed by atoms with Crippen LogP contribution in [0.15, 0.2) is 49.3 Å². The van der Waals surface area contributed by atoms with E-state index in [1.165, 1.54) is 6.92 Å². The number of phosphoric ester groups is 1. The first-order valence-electron chi connectivity index (χ1n) is 24.0. The van der Waals surface area contributed by atoms with Crippen LogP contribution in [0.5, 0.6) is 0 Å². The largest absolute Gasteiger partial charge is 0.469 e. The second kappa shape index (κ2) is 20.5. The van der Waals surface area contributed by atoms with Gasteiger partial charge in [0.25, 0.3) is 0 Å². The first-order valence-corrected chi connectivity index (χ1v) is 25.5. The minimum Gasteiger partial charge on any atom is -0.370 e. The summed E-state index contributed by atoms with van der Waals surface area (Å²) in [5.41, 5.74) is 34.2. The van der Waals surface area contributed by atoms with Crippen molar-refractivity contribution in [2.75, 3.05) is 6.54 Å². The SMILES string of the molecule is CC1=C2N=C(C=C3N/C(=C(/C)C4=N[C@@](C)(C5N=C1[C@](C)(CCC(=O)NCC(C)OP(=O)(O)O)[C@H]5CC(N)=O)[C@@](C)(CC(N)=O)[C@@H]4CCC(N)=O)[C@@](C)(CC(N)=O)[C@@H]3CCC(N)=O)C(C)(C)[C@@H]2CCC(N)=O. The number of phosphoric acid groups is 1. The molecule has 1 fully saturated rings. The first kappa shape index (κ1) is 56.3. The van der Waals surface area contributed by atoms with Gasteiger partial charge in [-0.25, -0.2) is 4.57 Å². The fourth-order valence-electron chi connectivity index (χ4n) is 12.6. The van der Waals surface area contributed by atoms with E-state index in [-0.39, 0.29) is 77.2 Å². The van der Waals surface area contributed by atoms with Crippen LogP contribution in [-0.4, -0.2) is 92.5 Å². The van der Waals surface area contributed by atoms with Crippen LogP contribution in [0.4, 0.5) is 0 Å². The van der Waals surface area contributed by atoms with Gasteiger partial charge in [0.05, 0.1) is 17.7 Å². The third kappa shape index (κ3) is 11.2. The third-order valence-corrected chi connectivity index (χ3v) is 17.0. The Labute approximate surface area is 414 Å². The highest BCUT2D eigenvalue weighted by Crippen LogP contribution is 2.62. The lowest BCUT2D eigenvalue weighted by Gasteiger charge is -2.48. The number of nitrogens with zero attached hydrogens (tertiary/aromatic N) is 3. The zero-order valence-corrected chi connectivity index (χ0v) is 43.2. The zero-order valence-electron chi connectivity index (χ0n) is 42.3. The fourth-order valence-corrected chi connectivity index (χ4v) is 13.1. The summed E-state index contributed by atoms with van der Waals surface area (Å²) in [7, 11) is -4.86. The molecule has 1 saturated heterocycles. The molecule has 0 aliphatic carbocycles. The van der Waals surface area contributed by atoms with Crippen molar-refractivity contribution in [3.63, 3.8) is 0 Å². The summed E-state index contributed by atoms with van der Waals surface area (Å²) in [4.78, 5) is 127. The quantitative estimate of drug-likeness (QED) is 0.0695. The van der Waals surface area contributed by atoms with Crippen molar-refractivity contribution >= 4 is 66.3 Å². The molecule has 8 bridgehead atoms. The summed E-state index contributed by atoms with van der Waals surface area (Å²) in [6.07, 6.45) is 0.315. The number of aliphatic imine (C=N–C) groups is 3. The van der Waals surface area contributed by atoms with Gasteiger partial charge in [-0.1, -0.05) is 34.6 Å². The number of allylic oxidation sites excluding steroid dienone is 6. The molecule has 2 unspecified atom stereocenters. The maximum absolute atomic E-state index is 13.7. The Hall–Kier alpha value is -5.57. The van der Waals surface area contributed by atoms with Gasteiger partial charge in [-0.2, -0.15) is 0 Å². The van der Waals surface area contributed by atoms with Gasteiger partial charge in [-0.15, -0.1) is 0 Å². The van der Waals surface area contributed by atoms with Crippen LogP contribution >= 0.6 is 7.82 Å². The number of rotatable bonds is 22. The number of primary amides is 6.